The van der Waals surface area contributed by atoms with Crippen molar-refractivity contribution in [2.45, 2.75) is 31.8 Å². The van der Waals surface area contributed by atoms with Crippen molar-refractivity contribution in [3.8, 4) is 0 Å². The van der Waals surface area contributed by atoms with E-state index in [4.69, 9.17) is 0 Å². The number of hydrogen-bond acceptors (Lipinski definition) is 4. The molecule has 22 heavy (non-hydrogen) atoms. The summed E-state index contributed by atoms with van der Waals surface area (Å²) in [5.41, 5.74) is 2.06. The SMILES string of the molecule is Cc1cccc(C(C(=O)NC2CCS(=O)(=O)CC2)N(C)C)c1. The molecular formula is C16H24N2O3S. The Morgan fingerprint density at radius 3 is 2.45 bits per heavy atom. The zero-order valence-corrected chi connectivity index (χ0v) is 14.2. The van der Waals surface area contributed by atoms with Crippen LogP contribution in [0.3, 0.4) is 0 Å². The minimum absolute atomic E-state index is 0.0525. The summed E-state index contributed by atoms with van der Waals surface area (Å²) in [5.74, 6) is 0.254. The van der Waals surface area contributed by atoms with Crippen molar-refractivity contribution < 1.29 is 13.2 Å². The van der Waals surface area contributed by atoms with Crippen LogP contribution in [0.2, 0.25) is 0 Å². The van der Waals surface area contributed by atoms with Crippen LogP contribution in [0.5, 0.6) is 0 Å². The van der Waals surface area contributed by atoms with Crippen LogP contribution in [-0.4, -0.2) is 50.9 Å². The van der Waals surface area contributed by atoms with E-state index in [0.717, 1.165) is 11.1 Å². The van der Waals surface area contributed by atoms with Gasteiger partial charge in [0.15, 0.2) is 0 Å². The topological polar surface area (TPSA) is 66.5 Å². The summed E-state index contributed by atoms with van der Waals surface area (Å²) in [6.45, 7) is 2.00. The van der Waals surface area contributed by atoms with Gasteiger partial charge in [-0.25, -0.2) is 8.42 Å². The highest BCUT2D eigenvalue weighted by molar-refractivity contribution is 7.91. The van der Waals surface area contributed by atoms with E-state index >= 15 is 0 Å². The third-order valence-corrected chi connectivity index (χ3v) is 5.74. The monoisotopic (exact) mass is 324 g/mol. The molecule has 1 aliphatic heterocycles. The first-order valence-electron chi connectivity index (χ1n) is 7.52. The second kappa shape index (κ2) is 6.79. The smallest absolute Gasteiger partial charge is 0.242 e. The summed E-state index contributed by atoms with van der Waals surface area (Å²) in [5, 5.41) is 3.01. The first-order chi connectivity index (χ1) is 10.3. The van der Waals surface area contributed by atoms with E-state index in [9.17, 15) is 13.2 Å². The van der Waals surface area contributed by atoms with Crippen molar-refractivity contribution in [1.82, 2.24) is 10.2 Å². The maximum atomic E-state index is 12.6. The average molecular weight is 324 g/mol. The normalized spacial score (nSPS) is 19.8. The van der Waals surface area contributed by atoms with Gasteiger partial charge in [-0.3, -0.25) is 9.69 Å². The molecule has 0 radical (unpaired) electrons. The van der Waals surface area contributed by atoms with Crippen molar-refractivity contribution in [3.63, 3.8) is 0 Å². The van der Waals surface area contributed by atoms with Crippen LogP contribution in [-0.2, 0) is 14.6 Å². The maximum Gasteiger partial charge on any atom is 0.242 e. The van der Waals surface area contributed by atoms with Crippen molar-refractivity contribution >= 4 is 15.7 Å². The number of aryl methyl sites for hydroxylation is 1. The lowest BCUT2D eigenvalue weighted by molar-refractivity contribution is -0.126. The number of rotatable bonds is 4. The van der Waals surface area contributed by atoms with E-state index in [1.54, 1.807) is 0 Å². The molecule has 1 N–H and O–H groups in total. The van der Waals surface area contributed by atoms with Crippen LogP contribution < -0.4 is 5.32 Å². The Labute approximate surface area is 132 Å². The number of benzene rings is 1. The van der Waals surface area contributed by atoms with Gasteiger partial charge in [-0.2, -0.15) is 0 Å². The molecule has 1 fully saturated rings. The Balaban J connectivity index is 2.08. The molecule has 1 atom stereocenters. The Hall–Kier alpha value is -1.40. The Morgan fingerprint density at radius 2 is 1.91 bits per heavy atom. The second-order valence-corrected chi connectivity index (χ2v) is 8.52. The van der Waals surface area contributed by atoms with Gasteiger partial charge in [0.1, 0.15) is 15.9 Å². The molecule has 1 saturated heterocycles. The summed E-state index contributed by atoms with van der Waals surface area (Å²) in [6, 6.07) is 7.49. The van der Waals surface area contributed by atoms with Crippen LogP contribution in [0.25, 0.3) is 0 Å². The van der Waals surface area contributed by atoms with Crippen LogP contribution in [0.4, 0.5) is 0 Å². The first kappa shape index (κ1) is 17.0. The highest BCUT2D eigenvalue weighted by Gasteiger charge is 2.29. The second-order valence-electron chi connectivity index (χ2n) is 6.21. The highest BCUT2D eigenvalue weighted by atomic mass is 32.2. The van der Waals surface area contributed by atoms with Gasteiger partial charge in [0.2, 0.25) is 5.91 Å². The van der Waals surface area contributed by atoms with Gasteiger partial charge in [0, 0.05) is 6.04 Å². The lowest BCUT2D eigenvalue weighted by Gasteiger charge is -2.28. The standard InChI is InChI=1S/C16H24N2O3S/c1-12-5-4-6-13(11-12)15(18(2)3)16(19)17-14-7-9-22(20,21)10-8-14/h4-6,11,14-15H,7-10H2,1-3H3,(H,17,19). The Kier molecular flexibility index (Phi) is 5.24. The Morgan fingerprint density at radius 1 is 1.27 bits per heavy atom. The zero-order valence-electron chi connectivity index (χ0n) is 13.4. The molecule has 6 heteroatoms. The van der Waals surface area contributed by atoms with Gasteiger partial charge < -0.3 is 5.32 Å². The van der Waals surface area contributed by atoms with E-state index in [0.29, 0.717) is 12.8 Å². The Bertz CT molecular complexity index is 627. The number of carbonyl (C=O) groups is 1. The average Bonchev–Trinajstić information content (AvgIpc) is 2.41. The quantitative estimate of drug-likeness (QED) is 0.906. The lowest BCUT2D eigenvalue weighted by atomic mass is 10.0. The molecule has 0 bridgehead atoms. The number of amides is 1. The van der Waals surface area contributed by atoms with Gasteiger partial charge in [-0.1, -0.05) is 29.8 Å². The molecule has 1 aromatic rings. The molecule has 0 aliphatic carbocycles. The van der Waals surface area contributed by atoms with Crippen molar-refractivity contribution in [2.75, 3.05) is 25.6 Å². The molecule has 1 heterocycles. The first-order valence-corrected chi connectivity index (χ1v) is 9.34. The molecular weight excluding hydrogens is 300 g/mol. The third-order valence-electron chi connectivity index (χ3n) is 4.02. The fraction of sp³-hybridized carbons (Fsp3) is 0.562. The van der Waals surface area contributed by atoms with E-state index in [1.165, 1.54) is 0 Å². The summed E-state index contributed by atoms with van der Waals surface area (Å²) >= 11 is 0. The predicted molar refractivity (Wildman–Crippen MR) is 87.4 cm³/mol. The summed E-state index contributed by atoms with van der Waals surface area (Å²) in [4.78, 5) is 14.5. The predicted octanol–water partition coefficient (Wildman–Crippen LogP) is 1.29. The number of nitrogens with zero attached hydrogens (tertiary/aromatic N) is 1. The third kappa shape index (κ3) is 4.30. The molecule has 1 aromatic carbocycles. The fourth-order valence-corrected chi connectivity index (χ4v) is 4.33. The van der Waals surface area contributed by atoms with Gasteiger partial charge in [0.05, 0.1) is 11.5 Å². The molecule has 0 aromatic heterocycles. The van der Waals surface area contributed by atoms with Crippen molar-refractivity contribution in [3.05, 3.63) is 35.4 Å². The summed E-state index contributed by atoms with van der Waals surface area (Å²) in [6.07, 6.45) is 1.00. The molecule has 122 valence electrons. The molecule has 1 amide bonds. The summed E-state index contributed by atoms with van der Waals surface area (Å²) in [7, 11) is 0.838. The number of likely N-dealkylation sites (N-methyl/N-ethyl adjacent to an activating group) is 1. The van der Waals surface area contributed by atoms with E-state index in [2.05, 4.69) is 5.32 Å². The summed E-state index contributed by atoms with van der Waals surface area (Å²) < 4.78 is 22.9. The zero-order chi connectivity index (χ0) is 16.3. The molecule has 0 saturated carbocycles. The molecule has 5 nitrogen and oxygen atoms in total. The number of nitrogens with one attached hydrogen (secondary N) is 1. The lowest BCUT2D eigenvalue weighted by Crippen LogP contribution is -2.45. The van der Waals surface area contributed by atoms with E-state index in [1.807, 2.05) is 50.2 Å². The van der Waals surface area contributed by atoms with Crippen LogP contribution in [0.15, 0.2) is 24.3 Å². The largest absolute Gasteiger partial charge is 0.352 e. The van der Waals surface area contributed by atoms with Gasteiger partial charge >= 0.3 is 0 Å². The minimum Gasteiger partial charge on any atom is -0.352 e. The van der Waals surface area contributed by atoms with Gasteiger partial charge in [0.25, 0.3) is 0 Å². The van der Waals surface area contributed by atoms with E-state index < -0.39 is 9.84 Å². The van der Waals surface area contributed by atoms with Crippen molar-refractivity contribution in [2.24, 2.45) is 0 Å². The molecule has 0 spiro atoms. The van der Waals surface area contributed by atoms with Crippen LogP contribution in [0, 0.1) is 6.92 Å². The van der Waals surface area contributed by atoms with Crippen molar-refractivity contribution in [1.29, 1.82) is 0 Å². The number of hydrogen-bond donors (Lipinski definition) is 1. The van der Waals surface area contributed by atoms with Crippen LogP contribution in [0.1, 0.15) is 30.0 Å². The molecule has 1 unspecified atom stereocenters. The molecule has 1 aliphatic rings. The number of carbonyl (C=O) groups excluding carboxylic acids is 1. The molecule has 2 rings (SSSR count). The van der Waals surface area contributed by atoms with Gasteiger partial charge in [-0.15, -0.1) is 0 Å². The highest BCUT2D eigenvalue weighted by Crippen LogP contribution is 2.21. The van der Waals surface area contributed by atoms with Gasteiger partial charge in [-0.05, 0) is 39.4 Å². The fourth-order valence-electron chi connectivity index (χ4n) is 2.84. The maximum absolute atomic E-state index is 12.6. The van der Waals surface area contributed by atoms with Crippen LogP contribution >= 0.6 is 0 Å². The minimum atomic E-state index is -2.91. The number of sulfone groups is 1. The van der Waals surface area contributed by atoms with E-state index in [-0.39, 0.29) is 29.5 Å².